The first-order chi connectivity index (χ1) is 15.9. The number of anilines is 1. The van der Waals surface area contributed by atoms with Gasteiger partial charge in [0.05, 0.1) is 6.54 Å². The van der Waals surface area contributed by atoms with Gasteiger partial charge in [0.25, 0.3) is 0 Å². The lowest BCUT2D eigenvalue weighted by Gasteiger charge is -2.31. The molecule has 2 aromatic carbocycles. The molecule has 33 heavy (non-hydrogen) atoms. The number of nitrogens with one attached hydrogen (secondary N) is 1. The van der Waals surface area contributed by atoms with Gasteiger partial charge in [-0.05, 0) is 66.8 Å². The summed E-state index contributed by atoms with van der Waals surface area (Å²) in [5, 5.41) is 4.85. The van der Waals surface area contributed by atoms with Crippen LogP contribution in [-0.2, 0) is 17.9 Å². The molecule has 0 aliphatic heterocycles. The standard InChI is InChI=1S/C25H27BrFN3O2S/c1-3-18(2)30(25(32)28-22-12-8-20(26)9-13-22)17-24(31)29(16-23-5-4-14-33-23)15-19-6-10-21(27)11-7-19/h4-14,18H,3,15-17H2,1-2H3,(H,28,32). The van der Waals surface area contributed by atoms with Gasteiger partial charge in [-0.1, -0.05) is 41.1 Å². The number of thiophene rings is 1. The van der Waals surface area contributed by atoms with Gasteiger partial charge in [-0.15, -0.1) is 11.3 Å². The molecule has 1 N–H and O–H groups in total. The van der Waals surface area contributed by atoms with Crippen LogP contribution in [0.25, 0.3) is 0 Å². The van der Waals surface area contributed by atoms with Crippen molar-refractivity contribution in [2.45, 2.75) is 39.4 Å². The van der Waals surface area contributed by atoms with Crippen molar-refractivity contribution in [3.63, 3.8) is 0 Å². The summed E-state index contributed by atoms with van der Waals surface area (Å²) >= 11 is 4.96. The fourth-order valence-electron chi connectivity index (χ4n) is 3.26. The summed E-state index contributed by atoms with van der Waals surface area (Å²) in [4.78, 5) is 30.8. The molecule has 1 aromatic heterocycles. The molecule has 5 nitrogen and oxygen atoms in total. The molecule has 0 saturated heterocycles. The fraction of sp³-hybridized carbons (Fsp3) is 0.280. The van der Waals surface area contributed by atoms with Crippen LogP contribution < -0.4 is 5.32 Å². The maximum atomic E-state index is 13.4. The van der Waals surface area contributed by atoms with Crippen LogP contribution in [0.3, 0.4) is 0 Å². The van der Waals surface area contributed by atoms with Crippen molar-refractivity contribution in [2.75, 3.05) is 11.9 Å². The number of amides is 3. The largest absolute Gasteiger partial charge is 0.332 e. The summed E-state index contributed by atoms with van der Waals surface area (Å²) in [6, 6.07) is 16.9. The van der Waals surface area contributed by atoms with E-state index in [1.807, 2.05) is 43.5 Å². The molecule has 3 amide bonds. The van der Waals surface area contributed by atoms with E-state index in [0.29, 0.717) is 25.2 Å². The lowest BCUT2D eigenvalue weighted by Crippen LogP contribution is -2.47. The molecule has 0 radical (unpaired) electrons. The van der Waals surface area contributed by atoms with Gasteiger partial charge in [0.15, 0.2) is 0 Å². The second kappa shape index (κ2) is 12.0. The fourth-order valence-corrected chi connectivity index (χ4v) is 4.24. The number of hydrogen-bond donors (Lipinski definition) is 1. The first-order valence-corrected chi connectivity index (χ1v) is 12.4. The molecule has 0 fully saturated rings. The van der Waals surface area contributed by atoms with Crippen LogP contribution >= 0.6 is 27.3 Å². The molecule has 1 unspecified atom stereocenters. The average molecular weight is 532 g/mol. The Hall–Kier alpha value is -2.71. The molecule has 0 spiro atoms. The Labute approximate surface area is 206 Å². The van der Waals surface area contributed by atoms with Gasteiger partial charge in [0, 0.05) is 27.6 Å². The normalized spacial score (nSPS) is 11.6. The maximum Gasteiger partial charge on any atom is 0.322 e. The highest BCUT2D eigenvalue weighted by Gasteiger charge is 2.25. The number of rotatable bonds is 9. The number of hydrogen-bond acceptors (Lipinski definition) is 3. The third-order valence-corrected chi connectivity index (χ3v) is 6.74. The smallest absolute Gasteiger partial charge is 0.322 e. The predicted octanol–water partition coefficient (Wildman–Crippen LogP) is 6.51. The topological polar surface area (TPSA) is 52.7 Å². The first kappa shape index (κ1) is 24.9. The highest BCUT2D eigenvalue weighted by atomic mass is 79.9. The van der Waals surface area contributed by atoms with Crippen molar-refractivity contribution in [3.05, 3.63) is 86.8 Å². The average Bonchev–Trinajstić information content (AvgIpc) is 3.32. The summed E-state index contributed by atoms with van der Waals surface area (Å²) in [6.45, 7) is 4.62. The van der Waals surface area contributed by atoms with Crippen molar-refractivity contribution in [3.8, 4) is 0 Å². The summed E-state index contributed by atoms with van der Waals surface area (Å²) in [5.41, 5.74) is 1.49. The van der Waals surface area contributed by atoms with Gasteiger partial charge in [-0.2, -0.15) is 0 Å². The lowest BCUT2D eigenvalue weighted by atomic mass is 10.2. The second-order valence-electron chi connectivity index (χ2n) is 7.78. The van der Waals surface area contributed by atoms with Crippen LogP contribution in [0.5, 0.6) is 0 Å². The van der Waals surface area contributed by atoms with E-state index < -0.39 is 0 Å². The Balaban J connectivity index is 1.76. The van der Waals surface area contributed by atoms with Gasteiger partial charge in [-0.25, -0.2) is 9.18 Å². The zero-order valence-corrected chi connectivity index (χ0v) is 21.0. The van der Waals surface area contributed by atoms with E-state index in [4.69, 9.17) is 0 Å². The highest BCUT2D eigenvalue weighted by molar-refractivity contribution is 9.10. The second-order valence-corrected chi connectivity index (χ2v) is 9.73. The van der Waals surface area contributed by atoms with Gasteiger partial charge < -0.3 is 15.1 Å². The van der Waals surface area contributed by atoms with E-state index >= 15 is 0 Å². The molecule has 0 aliphatic carbocycles. The van der Waals surface area contributed by atoms with Crippen LogP contribution in [0.1, 0.15) is 30.7 Å². The number of halogens is 2. The van der Waals surface area contributed by atoms with E-state index in [2.05, 4.69) is 21.2 Å². The Morgan fingerprint density at radius 3 is 2.36 bits per heavy atom. The molecule has 1 heterocycles. The molecular weight excluding hydrogens is 505 g/mol. The minimum Gasteiger partial charge on any atom is -0.332 e. The zero-order chi connectivity index (χ0) is 23.8. The van der Waals surface area contributed by atoms with E-state index in [1.165, 1.54) is 12.1 Å². The number of benzene rings is 2. The SMILES string of the molecule is CCC(C)N(CC(=O)N(Cc1ccc(F)cc1)Cc1cccs1)C(=O)Nc1ccc(Br)cc1. The minimum absolute atomic E-state index is 0.0516. The van der Waals surface area contributed by atoms with Crippen LogP contribution in [-0.4, -0.2) is 34.3 Å². The minimum atomic E-state index is -0.321. The molecule has 3 rings (SSSR count). The van der Waals surface area contributed by atoms with Gasteiger partial charge in [0.2, 0.25) is 5.91 Å². The molecule has 1 atom stereocenters. The van der Waals surface area contributed by atoms with Crippen molar-refractivity contribution >= 4 is 44.9 Å². The predicted molar refractivity (Wildman–Crippen MR) is 135 cm³/mol. The first-order valence-electron chi connectivity index (χ1n) is 10.7. The number of nitrogens with zero attached hydrogens (tertiary/aromatic N) is 2. The van der Waals surface area contributed by atoms with Crippen molar-refractivity contribution in [1.29, 1.82) is 0 Å². The molecule has 0 saturated carbocycles. The van der Waals surface area contributed by atoms with Gasteiger partial charge in [-0.3, -0.25) is 4.79 Å². The molecule has 0 bridgehead atoms. The van der Waals surface area contributed by atoms with E-state index in [0.717, 1.165) is 14.9 Å². The Kier molecular flexibility index (Phi) is 9.03. The van der Waals surface area contributed by atoms with Crippen LogP contribution in [0.4, 0.5) is 14.9 Å². The monoisotopic (exact) mass is 531 g/mol. The van der Waals surface area contributed by atoms with Crippen LogP contribution in [0.2, 0.25) is 0 Å². The van der Waals surface area contributed by atoms with E-state index in [-0.39, 0.29) is 30.3 Å². The molecule has 0 aliphatic rings. The Bertz CT molecular complexity index is 1040. The Morgan fingerprint density at radius 2 is 1.76 bits per heavy atom. The molecule has 8 heteroatoms. The third kappa shape index (κ3) is 7.40. The van der Waals surface area contributed by atoms with Crippen molar-refractivity contribution in [2.24, 2.45) is 0 Å². The third-order valence-electron chi connectivity index (χ3n) is 5.35. The number of carbonyl (C=O) groups is 2. The van der Waals surface area contributed by atoms with E-state index in [9.17, 15) is 14.0 Å². The van der Waals surface area contributed by atoms with Gasteiger partial charge in [0.1, 0.15) is 12.4 Å². The molecular formula is C25H27BrFN3O2S. The zero-order valence-electron chi connectivity index (χ0n) is 18.6. The maximum absolute atomic E-state index is 13.4. The quantitative estimate of drug-likeness (QED) is 0.342. The summed E-state index contributed by atoms with van der Waals surface area (Å²) in [6.07, 6.45) is 0.712. The van der Waals surface area contributed by atoms with E-state index in [1.54, 1.807) is 45.4 Å². The molecule has 174 valence electrons. The number of carbonyl (C=O) groups excluding carboxylic acids is 2. The van der Waals surface area contributed by atoms with Crippen molar-refractivity contribution in [1.82, 2.24) is 9.80 Å². The number of urea groups is 1. The van der Waals surface area contributed by atoms with Crippen LogP contribution in [0.15, 0.2) is 70.5 Å². The summed E-state index contributed by atoms with van der Waals surface area (Å²) in [5.74, 6) is -0.485. The lowest BCUT2D eigenvalue weighted by molar-refractivity contribution is -0.133. The highest BCUT2D eigenvalue weighted by Crippen LogP contribution is 2.18. The summed E-state index contributed by atoms with van der Waals surface area (Å²) < 4.78 is 14.3. The Morgan fingerprint density at radius 1 is 1.06 bits per heavy atom. The van der Waals surface area contributed by atoms with Crippen LogP contribution in [0, 0.1) is 5.82 Å². The summed E-state index contributed by atoms with van der Waals surface area (Å²) in [7, 11) is 0. The van der Waals surface area contributed by atoms with Gasteiger partial charge >= 0.3 is 6.03 Å². The molecule has 3 aromatic rings. The van der Waals surface area contributed by atoms with Crippen molar-refractivity contribution < 1.29 is 14.0 Å².